The lowest BCUT2D eigenvalue weighted by molar-refractivity contribution is -0.143. The zero-order chi connectivity index (χ0) is 25.0. The number of nitrogens with zero attached hydrogens (tertiary/aromatic N) is 1. The molecule has 1 heterocycles. The van der Waals surface area contributed by atoms with Gasteiger partial charge in [-0.1, -0.05) is 60.1 Å². The summed E-state index contributed by atoms with van der Waals surface area (Å²) in [5.74, 6) is -0.798. The number of hydrogen-bond donors (Lipinski definition) is 1. The van der Waals surface area contributed by atoms with Gasteiger partial charge in [-0.05, 0) is 61.3 Å². The molecule has 1 unspecified atom stereocenters. The van der Waals surface area contributed by atoms with Crippen LogP contribution in [0.5, 0.6) is 5.75 Å². The van der Waals surface area contributed by atoms with E-state index in [4.69, 9.17) is 16.3 Å². The molecule has 3 aromatic carbocycles. The van der Waals surface area contributed by atoms with Gasteiger partial charge in [0.15, 0.2) is 0 Å². The fourth-order valence-electron chi connectivity index (χ4n) is 4.47. The largest absolute Gasteiger partial charge is 0.489 e. The molecule has 35 heavy (non-hydrogen) atoms. The number of benzene rings is 3. The number of ether oxygens (including phenoxy) is 1. The molecule has 4 nitrogen and oxygen atoms in total. The normalized spacial score (nSPS) is 16.1. The van der Waals surface area contributed by atoms with Crippen LogP contribution >= 0.6 is 11.6 Å². The number of piperidine rings is 1. The van der Waals surface area contributed by atoms with Gasteiger partial charge in [-0.15, -0.1) is 0 Å². The van der Waals surface area contributed by atoms with Crippen molar-refractivity contribution >= 4 is 17.6 Å². The molecule has 1 fully saturated rings. The van der Waals surface area contributed by atoms with Gasteiger partial charge in [0, 0.05) is 10.6 Å². The first-order valence-corrected chi connectivity index (χ1v) is 11.7. The van der Waals surface area contributed by atoms with E-state index in [2.05, 4.69) is 0 Å². The molecule has 0 spiro atoms. The summed E-state index contributed by atoms with van der Waals surface area (Å²) in [6, 6.07) is 19.5. The minimum atomic E-state index is -4.52. The van der Waals surface area contributed by atoms with Gasteiger partial charge in [0.25, 0.3) is 0 Å². The Morgan fingerprint density at radius 2 is 1.66 bits per heavy atom. The summed E-state index contributed by atoms with van der Waals surface area (Å²) in [6.07, 6.45) is -3.73. The number of likely N-dealkylation sites (tertiary alicyclic amines) is 1. The highest BCUT2D eigenvalue weighted by molar-refractivity contribution is 6.31. The summed E-state index contributed by atoms with van der Waals surface area (Å²) in [5, 5.41) is 9.61. The fraction of sp³-hybridized carbons (Fsp3) is 0.296. The average Bonchev–Trinajstić information content (AvgIpc) is 2.85. The van der Waals surface area contributed by atoms with E-state index in [0.29, 0.717) is 49.4 Å². The second kappa shape index (κ2) is 10.7. The van der Waals surface area contributed by atoms with Crippen molar-refractivity contribution in [2.24, 2.45) is 5.92 Å². The summed E-state index contributed by atoms with van der Waals surface area (Å²) < 4.78 is 46.9. The molecule has 1 aliphatic rings. The van der Waals surface area contributed by atoms with E-state index in [9.17, 15) is 23.1 Å². The van der Waals surface area contributed by atoms with Crippen LogP contribution in [0.2, 0.25) is 5.02 Å². The van der Waals surface area contributed by atoms with Crippen LogP contribution in [0.4, 0.5) is 13.2 Å². The number of halogens is 4. The van der Waals surface area contributed by atoms with Crippen molar-refractivity contribution in [3.05, 3.63) is 100 Å². The highest BCUT2D eigenvalue weighted by atomic mass is 35.5. The second-order valence-electron chi connectivity index (χ2n) is 8.60. The molecule has 1 atom stereocenters. The number of rotatable bonds is 7. The Kier molecular flexibility index (Phi) is 7.67. The SMILES string of the molecule is O=C(O)C1CCN(C(c2cc(C(F)(F)F)ccc2Cl)c2ccccc2OCc2ccccc2)CC1. The maximum absolute atomic E-state index is 13.6. The van der Waals surface area contributed by atoms with Gasteiger partial charge in [0.2, 0.25) is 0 Å². The quantitative estimate of drug-likeness (QED) is 0.384. The standard InChI is InChI=1S/C27H25ClF3NO3/c28-23-11-10-20(27(29,30)31)16-22(23)25(32-14-12-19(13-15-32)26(33)34)21-8-4-5-9-24(21)35-17-18-6-2-1-3-7-18/h1-11,16,19,25H,12-15,17H2,(H,33,34). The highest BCUT2D eigenvalue weighted by Gasteiger charge is 2.36. The molecular weight excluding hydrogens is 479 g/mol. The van der Waals surface area contributed by atoms with E-state index in [-0.39, 0.29) is 5.02 Å². The van der Waals surface area contributed by atoms with Gasteiger partial charge in [0.05, 0.1) is 17.5 Å². The topological polar surface area (TPSA) is 49.8 Å². The van der Waals surface area contributed by atoms with Crippen LogP contribution in [-0.2, 0) is 17.6 Å². The zero-order valence-electron chi connectivity index (χ0n) is 18.8. The lowest BCUT2D eigenvalue weighted by Gasteiger charge is -2.38. The Bertz CT molecular complexity index is 1160. The van der Waals surface area contributed by atoms with Crippen molar-refractivity contribution < 1.29 is 27.8 Å². The molecule has 0 saturated carbocycles. The summed E-state index contributed by atoms with van der Waals surface area (Å²) in [5.41, 5.74) is 1.16. The summed E-state index contributed by atoms with van der Waals surface area (Å²) >= 11 is 6.49. The fourth-order valence-corrected chi connectivity index (χ4v) is 4.69. The van der Waals surface area contributed by atoms with Crippen LogP contribution in [0.1, 0.15) is 41.1 Å². The number of carboxylic acids is 1. The maximum Gasteiger partial charge on any atom is 0.416 e. The Morgan fingerprint density at radius 1 is 1.00 bits per heavy atom. The van der Waals surface area contributed by atoms with Crippen molar-refractivity contribution in [2.75, 3.05) is 13.1 Å². The highest BCUT2D eigenvalue weighted by Crippen LogP contribution is 2.42. The molecule has 3 aromatic rings. The maximum atomic E-state index is 13.6. The van der Waals surface area contributed by atoms with Crippen molar-refractivity contribution in [1.29, 1.82) is 0 Å². The van der Waals surface area contributed by atoms with E-state index < -0.39 is 29.7 Å². The first-order chi connectivity index (χ1) is 16.7. The van der Waals surface area contributed by atoms with Crippen LogP contribution in [0.25, 0.3) is 0 Å². The molecular formula is C27H25ClF3NO3. The zero-order valence-corrected chi connectivity index (χ0v) is 19.6. The minimum Gasteiger partial charge on any atom is -0.489 e. The average molecular weight is 504 g/mol. The van der Waals surface area contributed by atoms with Crippen LogP contribution in [0.3, 0.4) is 0 Å². The first kappa shape index (κ1) is 25.1. The third-order valence-electron chi connectivity index (χ3n) is 6.31. The van der Waals surface area contributed by atoms with E-state index in [0.717, 1.165) is 17.7 Å². The summed E-state index contributed by atoms with van der Waals surface area (Å²) in [7, 11) is 0. The lowest BCUT2D eigenvalue weighted by Crippen LogP contribution is -2.39. The second-order valence-corrected chi connectivity index (χ2v) is 9.00. The molecule has 1 aliphatic heterocycles. The van der Waals surface area contributed by atoms with Gasteiger partial charge in [-0.2, -0.15) is 13.2 Å². The van der Waals surface area contributed by atoms with Crippen LogP contribution < -0.4 is 4.74 Å². The van der Waals surface area contributed by atoms with Gasteiger partial charge in [0.1, 0.15) is 12.4 Å². The summed E-state index contributed by atoms with van der Waals surface area (Å²) in [4.78, 5) is 13.5. The van der Waals surface area contributed by atoms with Gasteiger partial charge in [-0.3, -0.25) is 9.69 Å². The molecule has 0 amide bonds. The molecule has 0 aliphatic carbocycles. The van der Waals surface area contributed by atoms with E-state index in [1.54, 1.807) is 6.07 Å². The number of para-hydroxylation sites is 1. The minimum absolute atomic E-state index is 0.209. The third kappa shape index (κ3) is 5.97. The molecule has 0 aromatic heterocycles. The van der Waals surface area contributed by atoms with Crippen LogP contribution in [0.15, 0.2) is 72.8 Å². The van der Waals surface area contributed by atoms with Crippen molar-refractivity contribution in [3.63, 3.8) is 0 Å². The Balaban J connectivity index is 1.74. The molecule has 8 heteroatoms. The Hall–Kier alpha value is -3.03. The third-order valence-corrected chi connectivity index (χ3v) is 6.66. The van der Waals surface area contributed by atoms with Crippen molar-refractivity contribution in [2.45, 2.75) is 31.7 Å². The lowest BCUT2D eigenvalue weighted by atomic mass is 9.90. The molecule has 0 radical (unpaired) electrons. The van der Waals surface area contributed by atoms with Crippen LogP contribution in [0, 0.1) is 5.92 Å². The van der Waals surface area contributed by atoms with E-state index >= 15 is 0 Å². The number of alkyl halides is 3. The van der Waals surface area contributed by atoms with E-state index in [1.165, 1.54) is 6.07 Å². The number of aliphatic carboxylic acids is 1. The Morgan fingerprint density at radius 3 is 2.31 bits per heavy atom. The van der Waals surface area contributed by atoms with Crippen molar-refractivity contribution in [1.82, 2.24) is 4.90 Å². The molecule has 1 saturated heterocycles. The van der Waals surface area contributed by atoms with Gasteiger partial charge >= 0.3 is 12.1 Å². The summed E-state index contributed by atoms with van der Waals surface area (Å²) in [6.45, 7) is 1.10. The first-order valence-electron chi connectivity index (χ1n) is 11.3. The predicted octanol–water partition coefficient (Wildman–Crippen LogP) is 6.82. The van der Waals surface area contributed by atoms with Crippen molar-refractivity contribution in [3.8, 4) is 5.75 Å². The van der Waals surface area contributed by atoms with E-state index in [1.807, 2.05) is 53.4 Å². The van der Waals surface area contributed by atoms with Gasteiger partial charge < -0.3 is 9.84 Å². The Labute approximate surface area is 206 Å². The monoisotopic (exact) mass is 503 g/mol. The molecule has 184 valence electrons. The molecule has 4 rings (SSSR count). The number of carbonyl (C=O) groups is 1. The van der Waals surface area contributed by atoms with Gasteiger partial charge in [-0.25, -0.2) is 0 Å². The molecule has 0 bridgehead atoms. The smallest absolute Gasteiger partial charge is 0.416 e. The molecule has 1 N–H and O–H groups in total. The number of hydrogen-bond acceptors (Lipinski definition) is 3. The van der Waals surface area contributed by atoms with Crippen LogP contribution in [-0.4, -0.2) is 29.1 Å². The number of carboxylic acid groups (broad SMARTS) is 1. The predicted molar refractivity (Wildman–Crippen MR) is 127 cm³/mol.